The van der Waals surface area contributed by atoms with Crippen molar-refractivity contribution in [3.63, 3.8) is 0 Å². The zero-order valence-electron chi connectivity index (χ0n) is 9.93. The SMILES string of the molecule is CC(C)(C)c1ncc(C2CCNCC2)[nH]1. The minimum absolute atomic E-state index is 0.130. The van der Waals surface area contributed by atoms with Gasteiger partial charge in [-0.15, -0.1) is 0 Å². The molecule has 1 aliphatic heterocycles. The number of H-pyrrole nitrogens is 1. The van der Waals surface area contributed by atoms with Crippen molar-refractivity contribution in [2.75, 3.05) is 13.1 Å². The molecule has 1 saturated heterocycles. The maximum atomic E-state index is 4.49. The topological polar surface area (TPSA) is 40.7 Å². The van der Waals surface area contributed by atoms with Gasteiger partial charge in [0.05, 0.1) is 0 Å². The molecule has 0 saturated carbocycles. The molecule has 0 atom stereocenters. The summed E-state index contributed by atoms with van der Waals surface area (Å²) in [6, 6.07) is 0. The summed E-state index contributed by atoms with van der Waals surface area (Å²) in [7, 11) is 0. The summed E-state index contributed by atoms with van der Waals surface area (Å²) in [4.78, 5) is 7.97. The van der Waals surface area contributed by atoms with Crippen LogP contribution in [0.25, 0.3) is 0 Å². The number of aromatic amines is 1. The van der Waals surface area contributed by atoms with E-state index in [2.05, 4.69) is 36.1 Å². The Morgan fingerprint density at radius 1 is 1.27 bits per heavy atom. The molecule has 0 aromatic carbocycles. The molecular weight excluding hydrogens is 186 g/mol. The molecule has 1 fully saturated rings. The van der Waals surface area contributed by atoms with Gasteiger partial charge in [-0.05, 0) is 25.9 Å². The van der Waals surface area contributed by atoms with Crippen LogP contribution in [0.2, 0.25) is 0 Å². The van der Waals surface area contributed by atoms with E-state index in [0.717, 1.165) is 18.9 Å². The standard InChI is InChI=1S/C12H21N3/c1-12(2,3)11-14-8-10(15-11)9-4-6-13-7-5-9/h8-9,13H,4-7H2,1-3H3,(H,14,15). The van der Waals surface area contributed by atoms with Crippen molar-refractivity contribution in [3.8, 4) is 0 Å². The lowest BCUT2D eigenvalue weighted by molar-refractivity contribution is 0.452. The molecule has 3 heteroatoms. The minimum atomic E-state index is 0.130. The Morgan fingerprint density at radius 2 is 1.93 bits per heavy atom. The van der Waals surface area contributed by atoms with Crippen molar-refractivity contribution < 1.29 is 0 Å². The van der Waals surface area contributed by atoms with Crippen LogP contribution in [-0.2, 0) is 5.41 Å². The van der Waals surface area contributed by atoms with Crippen molar-refractivity contribution in [2.45, 2.75) is 44.9 Å². The molecule has 0 unspecified atom stereocenters. The minimum Gasteiger partial charge on any atom is -0.345 e. The first-order valence-electron chi connectivity index (χ1n) is 5.83. The fourth-order valence-electron chi connectivity index (χ4n) is 2.06. The number of rotatable bonds is 1. The second-order valence-corrected chi connectivity index (χ2v) is 5.46. The van der Waals surface area contributed by atoms with Crippen LogP contribution in [0, 0.1) is 0 Å². The van der Waals surface area contributed by atoms with E-state index < -0.39 is 0 Å². The summed E-state index contributed by atoms with van der Waals surface area (Å²) in [6.45, 7) is 8.84. The third-order valence-corrected chi connectivity index (χ3v) is 3.08. The van der Waals surface area contributed by atoms with Crippen molar-refractivity contribution in [1.29, 1.82) is 0 Å². The molecule has 0 aliphatic carbocycles. The van der Waals surface area contributed by atoms with E-state index in [9.17, 15) is 0 Å². The van der Waals surface area contributed by atoms with Gasteiger partial charge in [-0.25, -0.2) is 4.98 Å². The van der Waals surface area contributed by atoms with Gasteiger partial charge in [0.15, 0.2) is 0 Å². The fourth-order valence-corrected chi connectivity index (χ4v) is 2.06. The van der Waals surface area contributed by atoms with Crippen molar-refractivity contribution in [1.82, 2.24) is 15.3 Å². The number of piperidine rings is 1. The van der Waals surface area contributed by atoms with E-state index in [-0.39, 0.29) is 5.41 Å². The molecule has 84 valence electrons. The summed E-state index contributed by atoms with van der Waals surface area (Å²) >= 11 is 0. The maximum Gasteiger partial charge on any atom is 0.111 e. The molecule has 2 rings (SSSR count). The Kier molecular flexibility index (Phi) is 2.83. The Balaban J connectivity index is 2.12. The van der Waals surface area contributed by atoms with Crippen molar-refractivity contribution in [3.05, 3.63) is 17.7 Å². The average Bonchev–Trinajstić information content (AvgIpc) is 2.67. The highest BCUT2D eigenvalue weighted by molar-refractivity contribution is 5.13. The van der Waals surface area contributed by atoms with E-state index >= 15 is 0 Å². The number of nitrogens with one attached hydrogen (secondary N) is 2. The van der Waals surface area contributed by atoms with Gasteiger partial charge in [0, 0.05) is 23.2 Å². The summed E-state index contributed by atoms with van der Waals surface area (Å²) < 4.78 is 0. The highest BCUT2D eigenvalue weighted by Gasteiger charge is 2.21. The lowest BCUT2D eigenvalue weighted by Crippen LogP contribution is -2.26. The highest BCUT2D eigenvalue weighted by atomic mass is 14.9. The van der Waals surface area contributed by atoms with Gasteiger partial charge in [-0.2, -0.15) is 0 Å². The Labute approximate surface area is 91.7 Å². The fraction of sp³-hybridized carbons (Fsp3) is 0.750. The van der Waals surface area contributed by atoms with Crippen LogP contribution in [0.5, 0.6) is 0 Å². The lowest BCUT2D eigenvalue weighted by atomic mass is 9.94. The molecular formula is C12H21N3. The first-order chi connectivity index (χ1) is 7.07. The van der Waals surface area contributed by atoms with Gasteiger partial charge >= 0.3 is 0 Å². The third kappa shape index (κ3) is 2.40. The van der Waals surface area contributed by atoms with Gasteiger partial charge in [-0.3, -0.25) is 0 Å². The van der Waals surface area contributed by atoms with Crippen molar-refractivity contribution in [2.24, 2.45) is 0 Å². The predicted molar refractivity (Wildman–Crippen MR) is 62.1 cm³/mol. The number of nitrogens with zero attached hydrogens (tertiary/aromatic N) is 1. The monoisotopic (exact) mass is 207 g/mol. The van der Waals surface area contributed by atoms with Crippen LogP contribution in [0.3, 0.4) is 0 Å². The molecule has 15 heavy (non-hydrogen) atoms. The quantitative estimate of drug-likeness (QED) is 0.741. The van der Waals surface area contributed by atoms with Crippen LogP contribution >= 0.6 is 0 Å². The zero-order chi connectivity index (χ0) is 10.9. The van der Waals surface area contributed by atoms with E-state index in [4.69, 9.17) is 0 Å². The zero-order valence-corrected chi connectivity index (χ0v) is 9.93. The van der Waals surface area contributed by atoms with Crippen LogP contribution in [-0.4, -0.2) is 23.1 Å². The largest absolute Gasteiger partial charge is 0.345 e. The molecule has 2 N–H and O–H groups in total. The molecule has 0 bridgehead atoms. The smallest absolute Gasteiger partial charge is 0.111 e. The summed E-state index contributed by atoms with van der Waals surface area (Å²) in [5.41, 5.74) is 1.45. The lowest BCUT2D eigenvalue weighted by Gasteiger charge is -2.21. The molecule has 1 aliphatic rings. The van der Waals surface area contributed by atoms with Crippen LogP contribution < -0.4 is 5.32 Å². The molecule has 0 amide bonds. The molecule has 0 spiro atoms. The van der Waals surface area contributed by atoms with Gasteiger partial charge in [0.1, 0.15) is 5.82 Å². The van der Waals surface area contributed by atoms with Crippen LogP contribution in [0.15, 0.2) is 6.20 Å². The van der Waals surface area contributed by atoms with Crippen molar-refractivity contribution >= 4 is 0 Å². The van der Waals surface area contributed by atoms with Gasteiger partial charge in [0.25, 0.3) is 0 Å². The van der Waals surface area contributed by atoms with Gasteiger partial charge in [0.2, 0.25) is 0 Å². The molecule has 3 nitrogen and oxygen atoms in total. The van der Waals surface area contributed by atoms with Crippen LogP contribution in [0.1, 0.15) is 51.0 Å². The van der Waals surface area contributed by atoms with Gasteiger partial charge < -0.3 is 10.3 Å². The maximum absolute atomic E-state index is 4.49. The molecule has 1 aromatic rings. The first-order valence-corrected chi connectivity index (χ1v) is 5.83. The number of hydrogen-bond donors (Lipinski definition) is 2. The normalized spacial score (nSPS) is 19.4. The second kappa shape index (κ2) is 3.97. The Morgan fingerprint density at radius 3 is 2.47 bits per heavy atom. The highest BCUT2D eigenvalue weighted by Crippen LogP contribution is 2.26. The summed E-state index contributed by atoms with van der Waals surface area (Å²) in [5, 5.41) is 3.39. The summed E-state index contributed by atoms with van der Waals surface area (Å²) in [5.74, 6) is 1.78. The number of imidazole rings is 1. The predicted octanol–water partition coefficient (Wildman–Crippen LogP) is 2.17. The average molecular weight is 207 g/mol. The molecule has 2 heterocycles. The number of aromatic nitrogens is 2. The van der Waals surface area contributed by atoms with E-state index in [1.807, 2.05) is 6.20 Å². The molecule has 0 radical (unpaired) electrons. The molecule has 1 aromatic heterocycles. The Hall–Kier alpha value is -0.830. The second-order valence-electron chi connectivity index (χ2n) is 5.46. The Bertz CT molecular complexity index is 316. The van der Waals surface area contributed by atoms with Crippen LogP contribution in [0.4, 0.5) is 0 Å². The van der Waals surface area contributed by atoms with E-state index in [0.29, 0.717) is 5.92 Å². The van der Waals surface area contributed by atoms with Gasteiger partial charge in [-0.1, -0.05) is 20.8 Å². The van der Waals surface area contributed by atoms with E-state index in [1.165, 1.54) is 18.5 Å². The number of hydrogen-bond acceptors (Lipinski definition) is 2. The third-order valence-electron chi connectivity index (χ3n) is 3.08. The summed E-state index contributed by atoms with van der Waals surface area (Å²) in [6.07, 6.45) is 4.48. The van der Waals surface area contributed by atoms with E-state index in [1.54, 1.807) is 0 Å². The first kappa shape index (κ1) is 10.7.